The summed E-state index contributed by atoms with van der Waals surface area (Å²) < 4.78 is 1.74. The normalized spacial score (nSPS) is 10.8. The van der Waals surface area contributed by atoms with Gasteiger partial charge in [-0.3, -0.25) is 4.79 Å². The highest BCUT2D eigenvalue weighted by molar-refractivity contribution is 9.10. The third kappa shape index (κ3) is 2.35. The molecule has 0 amide bonds. The molecule has 1 heterocycles. The molecule has 0 aliphatic carbocycles. The number of carboxylic acids is 1. The standard InChI is InChI=1S/C15H9BrN2O4/c16-9-2-1-3-10(7-9)18-13(19)11-5-4-8(14(20)21)6-12(11)17-15(18)22/h1-7H,(H,17,22)(H,20,21). The highest BCUT2D eigenvalue weighted by atomic mass is 79.9. The predicted molar refractivity (Wildman–Crippen MR) is 84.8 cm³/mol. The number of halogens is 1. The lowest BCUT2D eigenvalue weighted by atomic mass is 10.1. The van der Waals surface area contributed by atoms with Crippen molar-refractivity contribution in [3.8, 4) is 5.69 Å². The Morgan fingerprint density at radius 3 is 2.59 bits per heavy atom. The Morgan fingerprint density at radius 2 is 1.91 bits per heavy atom. The van der Waals surface area contributed by atoms with Crippen molar-refractivity contribution in [1.82, 2.24) is 9.55 Å². The maximum atomic E-state index is 12.5. The van der Waals surface area contributed by atoms with Gasteiger partial charge in [-0.15, -0.1) is 0 Å². The average Bonchev–Trinajstić information content (AvgIpc) is 2.46. The number of hydrogen-bond acceptors (Lipinski definition) is 3. The third-order valence-electron chi connectivity index (χ3n) is 3.21. The van der Waals surface area contributed by atoms with Gasteiger partial charge in [-0.2, -0.15) is 0 Å². The molecular weight excluding hydrogens is 352 g/mol. The molecule has 0 aliphatic rings. The van der Waals surface area contributed by atoms with Gasteiger partial charge in [-0.1, -0.05) is 22.0 Å². The van der Waals surface area contributed by atoms with Crippen molar-refractivity contribution in [2.75, 3.05) is 0 Å². The van der Waals surface area contributed by atoms with Crippen LogP contribution in [0.4, 0.5) is 0 Å². The van der Waals surface area contributed by atoms with Crippen LogP contribution in [0.25, 0.3) is 16.6 Å². The summed E-state index contributed by atoms with van der Waals surface area (Å²) in [4.78, 5) is 38.2. The van der Waals surface area contributed by atoms with E-state index in [4.69, 9.17) is 5.11 Å². The molecule has 0 spiro atoms. The van der Waals surface area contributed by atoms with E-state index in [1.165, 1.54) is 18.2 Å². The minimum atomic E-state index is -1.13. The van der Waals surface area contributed by atoms with E-state index in [1.54, 1.807) is 24.3 Å². The fraction of sp³-hybridized carbons (Fsp3) is 0. The number of aromatic nitrogens is 2. The Bertz CT molecular complexity index is 1020. The largest absolute Gasteiger partial charge is 0.478 e. The number of carboxylic acid groups (broad SMARTS) is 1. The Kier molecular flexibility index (Phi) is 3.42. The molecule has 2 N–H and O–H groups in total. The van der Waals surface area contributed by atoms with E-state index >= 15 is 0 Å². The fourth-order valence-electron chi connectivity index (χ4n) is 2.20. The van der Waals surface area contributed by atoms with E-state index in [2.05, 4.69) is 20.9 Å². The van der Waals surface area contributed by atoms with Gasteiger partial charge in [-0.05, 0) is 36.4 Å². The van der Waals surface area contributed by atoms with Crippen molar-refractivity contribution in [1.29, 1.82) is 0 Å². The summed E-state index contributed by atoms with van der Waals surface area (Å²) in [6.45, 7) is 0. The van der Waals surface area contributed by atoms with Crippen molar-refractivity contribution in [3.05, 3.63) is 73.3 Å². The van der Waals surface area contributed by atoms with Gasteiger partial charge in [-0.25, -0.2) is 14.2 Å². The second kappa shape index (κ2) is 5.27. The molecule has 3 rings (SSSR count). The van der Waals surface area contributed by atoms with Gasteiger partial charge in [0.1, 0.15) is 0 Å². The summed E-state index contributed by atoms with van der Waals surface area (Å²) in [6.07, 6.45) is 0. The second-order valence-corrected chi connectivity index (χ2v) is 5.53. The quantitative estimate of drug-likeness (QED) is 0.732. The number of rotatable bonds is 2. The molecule has 0 bridgehead atoms. The smallest absolute Gasteiger partial charge is 0.335 e. The highest BCUT2D eigenvalue weighted by Crippen LogP contribution is 2.14. The van der Waals surface area contributed by atoms with Crippen LogP contribution in [-0.4, -0.2) is 20.6 Å². The Balaban J connectivity index is 2.35. The van der Waals surface area contributed by atoms with Gasteiger partial charge in [0.15, 0.2) is 0 Å². The number of benzene rings is 2. The zero-order valence-electron chi connectivity index (χ0n) is 11.0. The third-order valence-corrected chi connectivity index (χ3v) is 3.70. The number of H-pyrrole nitrogens is 1. The van der Waals surface area contributed by atoms with E-state index in [-0.39, 0.29) is 16.5 Å². The van der Waals surface area contributed by atoms with E-state index in [9.17, 15) is 14.4 Å². The Hall–Kier alpha value is -2.67. The van der Waals surface area contributed by atoms with E-state index in [0.29, 0.717) is 5.69 Å². The minimum absolute atomic E-state index is 0.00255. The molecule has 3 aromatic rings. The molecule has 0 fully saturated rings. The van der Waals surface area contributed by atoms with Crippen molar-refractivity contribution < 1.29 is 9.90 Å². The number of aromatic amines is 1. The van der Waals surface area contributed by atoms with Gasteiger partial charge < -0.3 is 10.1 Å². The maximum absolute atomic E-state index is 12.5. The first kappa shape index (κ1) is 14.3. The summed E-state index contributed by atoms with van der Waals surface area (Å²) in [6, 6.07) is 10.8. The molecule has 0 saturated heterocycles. The summed E-state index contributed by atoms with van der Waals surface area (Å²) in [5.74, 6) is -1.13. The Labute approximate surface area is 131 Å². The topological polar surface area (TPSA) is 92.2 Å². The lowest BCUT2D eigenvalue weighted by Gasteiger charge is -2.07. The lowest BCUT2D eigenvalue weighted by molar-refractivity contribution is 0.0697. The van der Waals surface area contributed by atoms with Gasteiger partial charge in [0, 0.05) is 4.47 Å². The molecule has 7 heteroatoms. The van der Waals surface area contributed by atoms with Gasteiger partial charge in [0.05, 0.1) is 22.2 Å². The van der Waals surface area contributed by atoms with Crippen LogP contribution in [0.1, 0.15) is 10.4 Å². The van der Waals surface area contributed by atoms with Crippen LogP contribution < -0.4 is 11.2 Å². The van der Waals surface area contributed by atoms with Gasteiger partial charge >= 0.3 is 11.7 Å². The lowest BCUT2D eigenvalue weighted by Crippen LogP contribution is -2.33. The molecule has 0 radical (unpaired) electrons. The number of aromatic carboxylic acids is 1. The molecule has 2 aromatic carbocycles. The molecule has 22 heavy (non-hydrogen) atoms. The maximum Gasteiger partial charge on any atom is 0.335 e. The Morgan fingerprint density at radius 1 is 1.14 bits per heavy atom. The number of carbonyl (C=O) groups is 1. The van der Waals surface area contributed by atoms with Crippen molar-refractivity contribution in [2.24, 2.45) is 0 Å². The minimum Gasteiger partial charge on any atom is -0.478 e. The molecule has 0 saturated carbocycles. The van der Waals surface area contributed by atoms with Crippen LogP contribution in [0.15, 0.2) is 56.5 Å². The average molecular weight is 361 g/mol. The van der Waals surface area contributed by atoms with Gasteiger partial charge in [0.2, 0.25) is 0 Å². The second-order valence-electron chi connectivity index (χ2n) is 4.62. The van der Waals surface area contributed by atoms with Crippen LogP contribution in [-0.2, 0) is 0 Å². The molecular formula is C15H9BrN2O4. The van der Waals surface area contributed by atoms with Gasteiger partial charge in [0.25, 0.3) is 5.56 Å². The number of nitrogens with zero attached hydrogens (tertiary/aromatic N) is 1. The number of fused-ring (bicyclic) bond motifs is 1. The van der Waals surface area contributed by atoms with Crippen LogP contribution in [0.5, 0.6) is 0 Å². The van der Waals surface area contributed by atoms with Crippen LogP contribution in [0.2, 0.25) is 0 Å². The highest BCUT2D eigenvalue weighted by Gasteiger charge is 2.12. The zero-order valence-corrected chi connectivity index (χ0v) is 12.6. The molecule has 1 aromatic heterocycles. The van der Waals surface area contributed by atoms with Crippen molar-refractivity contribution >= 4 is 32.8 Å². The summed E-state index contributed by atoms with van der Waals surface area (Å²) in [7, 11) is 0. The van der Waals surface area contributed by atoms with E-state index in [1.807, 2.05) is 0 Å². The predicted octanol–water partition coefficient (Wildman–Crippen LogP) is 2.14. The molecule has 6 nitrogen and oxygen atoms in total. The number of nitrogens with one attached hydrogen (secondary N) is 1. The van der Waals surface area contributed by atoms with E-state index < -0.39 is 17.2 Å². The monoisotopic (exact) mass is 360 g/mol. The van der Waals surface area contributed by atoms with Crippen molar-refractivity contribution in [2.45, 2.75) is 0 Å². The molecule has 0 atom stereocenters. The first-order valence-corrected chi connectivity index (χ1v) is 7.05. The summed E-state index contributed by atoms with van der Waals surface area (Å²) in [5, 5.41) is 9.21. The molecule has 0 unspecified atom stereocenters. The van der Waals surface area contributed by atoms with Crippen LogP contribution in [0, 0.1) is 0 Å². The molecule has 0 aliphatic heterocycles. The van der Waals surface area contributed by atoms with Crippen LogP contribution >= 0.6 is 15.9 Å². The number of hydrogen-bond donors (Lipinski definition) is 2. The zero-order chi connectivity index (χ0) is 15.9. The summed E-state index contributed by atoms with van der Waals surface area (Å²) in [5.41, 5.74) is -0.513. The van der Waals surface area contributed by atoms with E-state index in [0.717, 1.165) is 9.04 Å². The van der Waals surface area contributed by atoms with Crippen LogP contribution in [0.3, 0.4) is 0 Å². The fourth-order valence-corrected chi connectivity index (χ4v) is 2.59. The van der Waals surface area contributed by atoms with Crippen molar-refractivity contribution in [3.63, 3.8) is 0 Å². The summed E-state index contributed by atoms with van der Waals surface area (Å²) >= 11 is 3.29. The first-order chi connectivity index (χ1) is 10.5. The SMILES string of the molecule is O=C(O)c1ccc2c(=O)n(-c3cccc(Br)c3)c(=O)[nH]c2c1. The molecule has 110 valence electrons. The first-order valence-electron chi connectivity index (χ1n) is 6.26.